The Bertz CT molecular complexity index is 523. The van der Waals surface area contributed by atoms with Crippen LogP contribution in [0.3, 0.4) is 0 Å². The molecule has 0 radical (unpaired) electrons. The summed E-state index contributed by atoms with van der Waals surface area (Å²) in [4.78, 5) is 0. The van der Waals surface area contributed by atoms with Crippen molar-refractivity contribution in [3.05, 3.63) is 53.6 Å². The van der Waals surface area contributed by atoms with Crippen molar-refractivity contribution in [3.8, 4) is 17.2 Å². The number of hydrogen-bond donors (Lipinski definition) is 3. The lowest BCUT2D eigenvalue weighted by atomic mass is 10.1. The number of rotatable bonds is 4. The molecule has 0 bridgehead atoms. The molecule has 0 aromatic heterocycles. The van der Waals surface area contributed by atoms with Gasteiger partial charge in [-0.1, -0.05) is 30.3 Å². The summed E-state index contributed by atoms with van der Waals surface area (Å²) >= 11 is 0. The third-order valence-electron chi connectivity index (χ3n) is 2.62. The van der Waals surface area contributed by atoms with Crippen molar-refractivity contribution in [3.63, 3.8) is 0 Å². The quantitative estimate of drug-likeness (QED) is 0.773. The summed E-state index contributed by atoms with van der Waals surface area (Å²) in [6, 6.07) is 12.4. The van der Waals surface area contributed by atoms with Crippen LogP contribution in [0.5, 0.6) is 17.2 Å². The van der Waals surface area contributed by atoms with Crippen LogP contribution in [0.2, 0.25) is 0 Å². The summed E-state index contributed by atoms with van der Waals surface area (Å²) < 4.78 is 5.45. The van der Waals surface area contributed by atoms with Crippen LogP contribution < -0.4 is 4.74 Å². The van der Waals surface area contributed by atoms with Gasteiger partial charge in [-0.05, 0) is 17.7 Å². The molecular formula is C14H14O4. The molecular weight excluding hydrogens is 232 g/mol. The highest BCUT2D eigenvalue weighted by atomic mass is 16.5. The van der Waals surface area contributed by atoms with E-state index in [0.29, 0.717) is 6.61 Å². The zero-order chi connectivity index (χ0) is 13.0. The Morgan fingerprint density at radius 2 is 1.67 bits per heavy atom. The fourth-order valence-electron chi connectivity index (χ4n) is 1.61. The summed E-state index contributed by atoms with van der Waals surface area (Å²) in [6.45, 7) is -0.135. The Balaban J connectivity index is 2.15. The smallest absolute Gasteiger partial charge is 0.167 e. The second-order valence-corrected chi connectivity index (χ2v) is 3.84. The van der Waals surface area contributed by atoms with Crippen molar-refractivity contribution < 1.29 is 20.1 Å². The normalized spacial score (nSPS) is 10.3. The molecule has 3 N–H and O–H groups in total. The van der Waals surface area contributed by atoms with Gasteiger partial charge in [-0.3, -0.25) is 0 Å². The Kier molecular flexibility index (Phi) is 3.69. The van der Waals surface area contributed by atoms with Crippen LogP contribution in [0.25, 0.3) is 0 Å². The second-order valence-electron chi connectivity index (χ2n) is 3.84. The summed E-state index contributed by atoms with van der Waals surface area (Å²) in [5.41, 5.74) is 1.04. The van der Waals surface area contributed by atoms with Crippen LogP contribution in [0.1, 0.15) is 11.1 Å². The summed E-state index contributed by atoms with van der Waals surface area (Å²) in [5, 5.41) is 28.3. The van der Waals surface area contributed by atoms with Gasteiger partial charge in [-0.25, -0.2) is 0 Å². The second kappa shape index (κ2) is 5.42. The Morgan fingerprint density at radius 3 is 2.33 bits per heavy atom. The zero-order valence-electron chi connectivity index (χ0n) is 9.71. The van der Waals surface area contributed by atoms with E-state index >= 15 is 0 Å². The largest absolute Gasteiger partial charge is 0.507 e. The molecule has 2 aromatic carbocycles. The number of phenols is 2. The maximum Gasteiger partial charge on any atom is 0.167 e. The van der Waals surface area contributed by atoms with Crippen molar-refractivity contribution in [1.82, 2.24) is 0 Å². The molecule has 18 heavy (non-hydrogen) atoms. The van der Waals surface area contributed by atoms with Crippen molar-refractivity contribution in [2.24, 2.45) is 0 Å². The highest BCUT2D eigenvalue weighted by molar-refractivity contribution is 5.52. The fourth-order valence-corrected chi connectivity index (χ4v) is 1.61. The lowest BCUT2D eigenvalue weighted by Gasteiger charge is -2.11. The minimum absolute atomic E-state index is 0.0700. The van der Waals surface area contributed by atoms with Gasteiger partial charge in [0.1, 0.15) is 12.4 Å². The van der Waals surface area contributed by atoms with Gasteiger partial charge in [-0.2, -0.15) is 0 Å². The first-order valence-electron chi connectivity index (χ1n) is 5.53. The van der Waals surface area contributed by atoms with Crippen molar-refractivity contribution in [2.45, 2.75) is 13.2 Å². The Labute approximate surface area is 105 Å². The summed E-state index contributed by atoms with van der Waals surface area (Å²) in [5.74, 6) is -0.142. The van der Waals surface area contributed by atoms with Crippen LogP contribution in [-0.4, -0.2) is 15.3 Å². The molecule has 0 aliphatic carbocycles. The van der Waals surface area contributed by atoms with E-state index in [1.165, 1.54) is 12.1 Å². The monoisotopic (exact) mass is 246 g/mol. The first-order valence-corrected chi connectivity index (χ1v) is 5.53. The molecule has 2 rings (SSSR count). The lowest BCUT2D eigenvalue weighted by molar-refractivity contribution is 0.257. The number of ether oxygens (including phenoxy) is 1. The van der Waals surface area contributed by atoms with Crippen LogP contribution in [0.4, 0.5) is 0 Å². The first-order chi connectivity index (χ1) is 8.72. The van der Waals surface area contributed by atoms with Gasteiger partial charge < -0.3 is 20.1 Å². The highest BCUT2D eigenvalue weighted by Gasteiger charge is 2.12. The third kappa shape index (κ3) is 2.55. The molecule has 0 unspecified atom stereocenters. The highest BCUT2D eigenvalue weighted by Crippen LogP contribution is 2.36. The van der Waals surface area contributed by atoms with Gasteiger partial charge in [0.25, 0.3) is 0 Å². The van der Waals surface area contributed by atoms with E-state index in [-0.39, 0.29) is 22.8 Å². The van der Waals surface area contributed by atoms with Crippen molar-refractivity contribution in [1.29, 1.82) is 0 Å². The van der Waals surface area contributed by atoms with E-state index in [9.17, 15) is 10.2 Å². The van der Waals surface area contributed by atoms with E-state index in [1.807, 2.05) is 30.3 Å². The van der Waals surface area contributed by atoms with Crippen LogP contribution in [0.15, 0.2) is 42.5 Å². The molecule has 0 heterocycles. The molecule has 0 saturated carbocycles. The molecule has 0 spiro atoms. The number of benzene rings is 2. The maximum absolute atomic E-state index is 9.80. The SMILES string of the molecule is OCc1c(O)ccc(OCc2ccccc2)c1O. The van der Waals surface area contributed by atoms with Crippen molar-refractivity contribution >= 4 is 0 Å². The molecule has 0 aliphatic rings. The van der Waals surface area contributed by atoms with Crippen LogP contribution >= 0.6 is 0 Å². The van der Waals surface area contributed by atoms with E-state index in [4.69, 9.17) is 9.84 Å². The minimum Gasteiger partial charge on any atom is -0.507 e. The molecule has 0 saturated heterocycles. The molecule has 0 atom stereocenters. The molecule has 0 amide bonds. The molecule has 0 fully saturated rings. The van der Waals surface area contributed by atoms with Crippen LogP contribution in [0, 0.1) is 0 Å². The lowest BCUT2D eigenvalue weighted by Crippen LogP contribution is -1.97. The maximum atomic E-state index is 9.80. The topological polar surface area (TPSA) is 69.9 Å². The van der Waals surface area contributed by atoms with Crippen molar-refractivity contribution in [2.75, 3.05) is 0 Å². The molecule has 4 heteroatoms. The first kappa shape index (κ1) is 12.3. The Hall–Kier alpha value is -2.20. The van der Waals surface area contributed by atoms with E-state index < -0.39 is 6.61 Å². The summed E-state index contributed by atoms with van der Waals surface area (Å²) in [6.07, 6.45) is 0. The number of aromatic hydroxyl groups is 2. The fraction of sp³-hybridized carbons (Fsp3) is 0.143. The molecule has 0 aliphatic heterocycles. The van der Waals surface area contributed by atoms with Gasteiger partial charge in [0.2, 0.25) is 0 Å². The van der Waals surface area contributed by atoms with Gasteiger partial charge in [0.15, 0.2) is 11.5 Å². The zero-order valence-corrected chi connectivity index (χ0v) is 9.71. The number of aliphatic hydroxyl groups is 1. The average Bonchev–Trinajstić information content (AvgIpc) is 2.40. The number of aliphatic hydroxyl groups excluding tert-OH is 1. The van der Waals surface area contributed by atoms with E-state index in [0.717, 1.165) is 5.56 Å². The standard InChI is InChI=1S/C14H14O4/c15-8-11-12(16)6-7-13(14(11)17)18-9-10-4-2-1-3-5-10/h1-7,15-17H,8-9H2. The molecule has 2 aromatic rings. The average molecular weight is 246 g/mol. The predicted octanol–water partition coefficient (Wildman–Crippen LogP) is 2.17. The van der Waals surface area contributed by atoms with Gasteiger partial charge in [-0.15, -0.1) is 0 Å². The molecule has 94 valence electrons. The van der Waals surface area contributed by atoms with Gasteiger partial charge in [0.05, 0.1) is 12.2 Å². The minimum atomic E-state index is -0.444. The van der Waals surface area contributed by atoms with Crippen LogP contribution in [-0.2, 0) is 13.2 Å². The Morgan fingerprint density at radius 1 is 0.944 bits per heavy atom. The third-order valence-corrected chi connectivity index (χ3v) is 2.62. The predicted molar refractivity (Wildman–Crippen MR) is 66.5 cm³/mol. The van der Waals surface area contributed by atoms with Gasteiger partial charge >= 0.3 is 0 Å². The molecule has 4 nitrogen and oxygen atoms in total. The van der Waals surface area contributed by atoms with Gasteiger partial charge in [0, 0.05) is 0 Å². The number of hydrogen-bond acceptors (Lipinski definition) is 4. The van der Waals surface area contributed by atoms with E-state index in [2.05, 4.69) is 0 Å². The van der Waals surface area contributed by atoms with E-state index in [1.54, 1.807) is 0 Å². The summed E-state index contributed by atoms with van der Waals surface area (Å²) in [7, 11) is 0.